The fourth-order valence-corrected chi connectivity index (χ4v) is 3.93. The minimum absolute atomic E-state index is 0.308. The SMILES string of the molecule is CC[C@@H](Oc1ccc(F)cc1)C(=O)Nc1nnc(SCc2ccccc2)s1. The Kier molecular flexibility index (Phi) is 6.78. The third kappa shape index (κ3) is 5.77. The molecular weight excluding hydrogens is 385 g/mol. The standard InChI is InChI=1S/C19H18FN3O2S2/c1-2-16(25-15-10-8-14(20)9-11-15)17(24)21-18-22-23-19(27-18)26-12-13-6-4-3-5-7-13/h3-11,16H,2,12H2,1H3,(H,21,22,24)/t16-/m1/s1. The lowest BCUT2D eigenvalue weighted by molar-refractivity contribution is -0.122. The molecule has 1 amide bonds. The van der Waals surface area contributed by atoms with Gasteiger partial charge in [-0.3, -0.25) is 10.1 Å². The number of thioether (sulfide) groups is 1. The van der Waals surface area contributed by atoms with Gasteiger partial charge in [-0.25, -0.2) is 4.39 Å². The number of ether oxygens (including phenoxy) is 1. The van der Waals surface area contributed by atoms with Crippen molar-refractivity contribution in [3.05, 3.63) is 66.0 Å². The molecule has 0 fully saturated rings. The summed E-state index contributed by atoms with van der Waals surface area (Å²) in [5.41, 5.74) is 1.20. The lowest BCUT2D eigenvalue weighted by atomic mass is 10.2. The van der Waals surface area contributed by atoms with Gasteiger partial charge >= 0.3 is 0 Å². The summed E-state index contributed by atoms with van der Waals surface area (Å²) < 4.78 is 19.4. The highest BCUT2D eigenvalue weighted by Crippen LogP contribution is 2.28. The van der Waals surface area contributed by atoms with Gasteiger partial charge in [0.1, 0.15) is 11.6 Å². The van der Waals surface area contributed by atoms with Gasteiger partial charge in [-0.05, 0) is 36.2 Å². The van der Waals surface area contributed by atoms with E-state index in [0.29, 0.717) is 17.3 Å². The van der Waals surface area contributed by atoms with Gasteiger partial charge < -0.3 is 4.74 Å². The summed E-state index contributed by atoms with van der Waals surface area (Å²) in [5.74, 6) is 0.566. The molecule has 27 heavy (non-hydrogen) atoms. The molecule has 0 saturated heterocycles. The Labute approximate surface area is 165 Å². The van der Waals surface area contributed by atoms with E-state index in [1.165, 1.54) is 41.2 Å². The summed E-state index contributed by atoms with van der Waals surface area (Å²) in [6.07, 6.45) is -0.225. The van der Waals surface area contributed by atoms with Crippen molar-refractivity contribution < 1.29 is 13.9 Å². The highest BCUT2D eigenvalue weighted by Gasteiger charge is 2.20. The first-order valence-electron chi connectivity index (χ1n) is 8.37. The van der Waals surface area contributed by atoms with Gasteiger partial charge in [0.05, 0.1) is 0 Å². The summed E-state index contributed by atoms with van der Waals surface area (Å²) in [6, 6.07) is 15.6. The third-order valence-corrected chi connectivity index (χ3v) is 5.64. The van der Waals surface area contributed by atoms with Gasteiger partial charge in [-0.1, -0.05) is 60.4 Å². The lowest BCUT2D eigenvalue weighted by Gasteiger charge is -2.16. The van der Waals surface area contributed by atoms with Gasteiger partial charge in [0.2, 0.25) is 5.13 Å². The molecule has 0 aliphatic rings. The van der Waals surface area contributed by atoms with E-state index < -0.39 is 6.10 Å². The van der Waals surface area contributed by atoms with Crippen LogP contribution in [-0.2, 0) is 10.5 Å². The maximum Gasteiger partial charge on any atom is 0.267 e. The molecule has 3 rings (SSSR count). The number of aromatic nitrogens is 2. The molecule has 5 nitrogen and oxygen atoms in total. The van der Waals surface area contributed by atoms with E-state index in [1.54, 1.807) is 11.8 Å². The summed E-state index contributed by atoms with van der Waals surface area (Å²) in [6.45, 7) is 1.84. The van der Waals surface area contributed by atoms with Crippen LogP contribution in [0.25, 0.3) is 0 Å². The highest BCUT2D eigenvalue weighted by atomic mass is 32.2. The number of rotatable bonds is 8. The van der Waals surface area contributed by atoms with Crippen LogP contribution in [0.1, 0.15) is 18.9 Å². The number of benzene rings is 2. The Hall–Kier alpha value is -2.45. The number of hydrogen-bond acceptors (Lipinski definition) is 6. The monoisotopic (exact) mass is 403 g/mol. The minimum Gasteiger partial charge on any atom is -0.481 e. The second-order valence-corrected chi connectivity index (χ2v) is 7.81. The number of nitrogens with one attached hydrogen (secondary N) is 1. The van der Waals surface area contributed by atoms with E-state index in [1.807, 2.05) is 25.1 Å². The molecule has 1 atom stereocenters. The maximum absolute atomic E-state index is 13.0. The van der Waals surface area contributed by atoms with E-state index in [4.69, 9.17) is 4.74 Å². The van der Waals surface area contributed by atoms with Gasteiger partial charge in [-0.15, -0.1) is 10.2 Å². The molecule has 0 aliphatic carbocycles. The zero-order chi connectivity index (χ0) is 19.1. The minimum atomic E-state index is -0.695. The largest absolute Gasteiger partial charge is 0.481 e. The number of nitrogens with zero attached hydrogens (tertiary/aromatic N) is 2. The first-order valence-corrected chi connectivity index (χ1v) is 10.2. The van der Waals surface area contributed by atoms with Crippen molar-refractivity contribution in [2.75, 3.05) is 5.32 Å². The average molecular weight is 404 g/mol. The normalized spacial score (nSPS) is 11.8. The third-order valence-electron chi connectivity index (χ3n) is 3.60. The molecule has 0 radical (unpaired) electrons. The first-order chi connectivity index (χ1) is 13.1. The number of halogens is 1. The van der Waals surface area contributed by atoms with Gasteiger partial charge in [-0.2, -0.15) is 0 Å². The first kappa shape index (κ1) is 19.3. The zero-order valence-electron chi connectivity index (χ0n) is 14.6. The predicted octanol–water partition coefficient (Wildman–Crippen LogP) is 4.77. The fourth-order valence-electron chi connectivity index (χ4n) is 2.22. The molecule has 1 N–H and O–H groups in total. The van der Waals surface area contributed by atoms with E-state index in [0.717, 1.165) is 10.1 Å². The van der Waals surface area contributed by atoms with Crippen LogP contribution in [-0.4, -0.2) is 22.2 Å². The Morgan fingerprint density at radius 2 is 1.93 bits per heavy atom. The summed E-state index contributed by atoms with van der Waals surface area (Å²) in [7, 11) is 0. The van der Waals surface area contributed by atoms with Crippen molar-refractivity contribution in [1.82, 2.24) is 10.2 Å². The van der Waals surface area contributed by atoms with E-state index in [9.17, 15) is 9.18 Å². The van der Waals surface area contributed by atoms with Crippen molar-refractivity contribution >= 4 is 34.1 Å². The lowest BCUT2D eigenvalue weighted by Crippen LogP contribution is -2.32. The second-order valence-electron chi connectivity index (χ2n) is 5.61. The van der Waals surface area contributed by atoms with Crippen LogP contribution < -0.4 is 10.1 Å². The number of carbonyl (C=O) groups is 1. The highest BCUT2D eigenvalue weighted by molar-refractivity contribution is 8.00. The van der Waals surface area contributed by atoms with E-state index in [2.05, 4.69) is 27.6 Å². The Balaban J connectivity index is 1.54. The molecule has 1 aromatic heterocycles. The molecule has 1 heterocycles. The average Bonchev–Trinajstić information content (AvgIpc) is 3.14. The van der Waals surface area contributed by atoms with Crippen molar-refractivity contribution in [2.45, 2.75) is 29.5 Å². The molecule has 0 aliphatic heterocycles. The number of hydrogen-bond donors (Lipinski definition) is 1. The van der Waals surface area contributed by atoms with Crippen LogP contribution >= 0.6 is 23.1 Å². The zero-order valence-corrected chi connectivity index (χ0v) is 16.2. The van der Waals surface area contributed by atoms with Crippen molar-refractivity contribution in [2.24, 2.45) is 0 Å². The molecule has 3 aromatic rings. The Bertz CT molecular complexity index is 872. The Morgan fingerprint density at radius 1 is 1.19 bits per heavy atom. The topological polar surface area (TPSA) is 64.1 Å². The maximum atomic E-state index is 13.0. The molecule has 2 aromatic carbocycles. The van der Waals surface area contributed by atoms with Crippen molar-refractivity contribution in [3.63, 3.8) is 0 Å². The summed E-state index contributed by atoms with van der Waals surface area (Å²) in [4.78, 5) is 12.4. The van der Waals surface area contributed by atoms with Crippen LogP contribution in [0.2, 0.25) is 0 Å². The molecule has 0 saturated carbocycles. The van der Waals surface area contributed by atoms with Crippen LogP contribution in [0.5, 0.6) is 5.75 Å². The molecular formula is C19H18FN3O2S2. The quantitative estimate of drug-likeness (QED) is 0.434. The van der Waals surface area contributed by atoms with Crippen molar-refractivity contribution in [3.8, 4) is 5.75 Å². The molecule has 0 spiro atoms. The van der Waals surface area contributed by atoms with Crippen LogP contribution in [0, 0.1) is 5.82 Å². The predicted molar refractivity (Wildman–Crippen MR) is 106 cm³/mol. The molecule has 8 heteroatoms. The number of amides is 1. The summed E-state index contributed by atoms with van der Waals surface area (Å²) in [5, 5.41) is 11.3. The van der Waals surface area contributed by atoms with Gasteiger partial charge in [0.15, 0.2) is 10.4 Å². The van der Waals surface area contributed by atoms with Crippen molar-refractivity contribution in [1.29, 1.82) is 0 Å². The van der Waals surface area contributed by atoms with Crippen LogP contribution in [0.4, 0.5) is 9.52 Å². The number of anilines is 1. The smallest absolute Gasteiger partial charge is 0.267 e. The fraction of sp³-hybridized carbons (Fsp3) is 0.211. The summed E-state index contributed by atoms with van der Waals surface area (Å²) >= 11 is 2.89. The Morgan fingerprint density at radius 3 is 2.63 bits per heavy atom. The van der Waals surface area contributed by atoms with E-state index in [-0.39, 0.29) is 11.7 Å². The number of carbonyl (C=O) groups excluding carboxylic acids is 1. The second kappa shape index (κ2) is 9.48. The van der Waals surface area contributed by atoms with Crippen LogP contribution in [0.15, 0.2) is 58.9 Å². The molecule has 0 bridgehead atoms. The van der Waals surface area contributed by atoms with Gasteiger partial charge in [0, 0.05) is 5.75 Å². The van der Waals surface area contributed by atoms with E-state index >= 15 is 0 Å². The van der Waals surface area contributed by atoms with Crippen LogP contribution in [0.3, 0.4) is 0 Å². The molecule has 140 valence electrons. The van der Waals surface area contributed by atoms with Gasteiger partial charge in [0.25, 0.3) is 5.91 Å². The molecule has 0 unspecified atom stereocenters.